The molecule has 2 N–H and O–H groups in total. The summed E-state index contributed by atoms with van der Waals surface area (Å²) in [4.78, 5) is 23.3. The summed E-state index contributed by atoms with van der Waals surface area (Å²) in [6.45, 7) is 20.9. The monoisotopic (exact) mass is 878 g/mol. The Morgan fingerprint density at radius 1 is 0.729 bits per heavy atom. The minimum Gasteiger partial charge on any atom is -0.490 e. The lowest BCUT2D eigenvalue weighted by Gasteiger charge is -2.37. The standard InChI is InChI=1S/C24H35NO3.C21H31NO.C5H9BrO2/c1-24(2,3)20-6-10-22(11-7-20)28-21-8-4-18(5-9-21)19-12-15-25(16-13-19)17-14-23(26)27;1-21(2,3)18-6-10-20(11-7-18)23-19-8-4-16(5-9-19)17-12-14-22-15-13-17;1-2-8-5(7)3-4-6/h4-5,8-9,12,20,22H,6-7,10-11,13-17H2,1-3H3,(H,26,27);4-5,8-9,12,18,20,22H,6-7,10-11,13-15H2,1-3H3;2-4H2,1H3. The third kappa shape index (κ3) is 17.4. The lowest BCUT2D eigenvalue weighted by molar-refractivity contribution is -0.142. The van der Waals surface area contributed by atoms with Crippen molar-refractivity contribution in [1.82, 2.24) is 10.2 Å². The Labute approximate surface area is 365 Å². The molecule has 8 nitrogen and oxygen atoms in total. The Bertz CT molecular complexity index is 1600. The van der Waals surface area contributed by atoms with E-state index in [1.807, 2.05) is 0 Å². The molecule has 2 fully saturated rings. The van der Waals surface area contributed by atoms with E-state index in [-0.39, 0.29) is 12.4 Å². The van der Waals surface area contributed by atoms with E-state index in [0.29, 0.717) is 47.9 Å². The lowest BCUT2D eigenvalue weighted by Crippen LogP contribution is -2.30. The zero-order valence-corrected chi connectivity index (χ0v) is 38.9. The Morgan fingerprint density at radius 3 is 1.59 bits per heavy atom. The zero-order chi connectivity index (χ0) is 42.8. The maximum atomic E-state index is 10.7. The average Bonchev–Trinajstić information content (AvgIpc) is 3.22. The first kappa shape index (κ1) is 48.5. The quantitative estimate of drug-likeness (QED) is 0.161. The molecule has 0 amide bonds. The van der Waals surface area contributed by atoms with Crippen LogP contribution in [0.1, 0.15) is 137 Å². The average molecular weight is 880 g/mol. The number of carboxylic acids is 1. The number of carbonyl (C=O) groups is 2. The largest absolute Gasteiger partial charge is 0.490 e. The van der Waals surface area contributed by atoms with E-state index in [0.717, 1.165) is 75.2 Å². The summed E-state index contributed by atoms with van der Waals surface area (Å²) < 4.78 is 17.1. The SMILES string of the molecule is CC(C)(C)C1CCC(Oc2ccc(C3=CCN(CCC(=O)O)CC3)cc2)CC1.CC(C)(C)C1CCC(Oc2ccc(C3=CCNCC3)cc2)CC1.CCOC(=O)CCBr. The molecule has 0 unspecified atom stereocenters. The number of carboxylic acid groups (broad SMARTS) is 1. The van der Waals surface area contributed by atoms with Gasteiger partial charge in [-0.1, -0.05) is 93.9 Å². The van der Waals surface area contributed by atoms with Crippen molar-refractivity contribution in [2.24, 2.45) is 22.7 Å². The van der Waals surface area contributed by atoms with Gasteiger partial charge in [0.1, 0.15) is 11.5 Å². The number of aliphatic carboxylic acids is 1. The van der Waals surface area contributed by atoms with E-state index in [1.165, 1.54) is 60.8 Å². The van der Waals surface area contributed by atoms with Crippen LogP contribution in [0.4, 0.5) is 0 Å². The topological polar surface area (TPSA) is 97.3 Å². The van der Waals surface area contributed by atoms with Crippen molar-refractivity contribution in [3.05, 3.63) is 71.8 Å². The van der Waals surface area contributed by atoms with Crippen molar-refractivity contribution in [3.63, 3.8) is 0 Å². The number of benzene rings is 2. The Morgan fingerprint density at radius 2 is 1.22 bits per heavy atom. The van der Waals surface area contributed by atoms with Gasteiger partial charge in [0.15, 0.2) is 0 Å². The molecule has 2 aliphatic carbocycles. The molecular formula is C50H75BrN2O6. The Balaban J connectivity index is 0.000000223. The van der Waals surface area contributed by atoms with Crippen LogP contribution in [0.15, 0.2) is 60.7 Å². The number of esters is 1. The van der Waals surface area contributed by atoms with Crippen molar-refractivity contribution < 1.29 is 28.9 Å². The van der Waals surface area contributed by atoms with Crippen molar-refractivity contribution in [2.75, 3.05) is 44.7 Å². The molecule has 0 radical (unpaired) electrons. The van der Waals surface area contributed by atoms with Crippen LogP contribution in [0.2, 0.25) is 0 Å². The van der Waals surface area contributed by atoms with Crippen LogP contribution in [0.3, 0.4) is 0 Å². The zero-order valence-electron chi connectivity index (χ0n) is 37.3. The first-order valence-corrected chi connectivity index (χ1v) is 23.6. The van der Waals surface area contributed by atoms with E-state index in [4.69, 9.17) is 14.6 Å². The molecule has 2 aliphatic heterocycles. The van der Waals surface area contributed by atoms with Crippen molar-refractivity contribution in [1.29, 1.82) is 0 Å². The molecular weight excluding hydrogens is 804 g/mol. The Kier molecular flexibility index (Phi) is 20.0. The molecule has 2 heterocycles. The van der Waals surface area contributed by atoms with Gasteiger partial charge in [-0.3, -0.25) is 14.5 Å². The Hall–Kier alpha value is -3.14. The van der Waals surface area contributed by atoms with Crippen molar-refractivity contribution in [2.45, 2.75) is 138 Å². The smallest absolute Gasteiger partial charge is 0.306 e. The fourth-order valence-corrected chi connectivity index (χ4v) is 8.92. The summed E-state index contributed by atoms with van der Waals surface area (Å²) in [6, 6.07) is 17.2. The number of halogens is 1. The van der Waals surface area contributed by atoms with Gasteiger partial charge in [0.05, 0.1) is 31.7 Å². The molecule has 0 spiro atoms. The summed E-state index contributed by atoms with van der Waals surface area (Å²) in [6.07, 6.45) is 17.9. The predicted octanol–water partition coefficient (Wildman–Crippen LogP) is 11.6. The van der Waals surface area contributed by atoms with Gasteiger partial charge in [0, 0.05) is 31.5 Å². The molecule has 0 bridgehead atoms. The van der Waals surface area contributed by atoms with E-state index in [1.54, 1.807) is 6.92 Å². The second-order valence-electron chi connectivity index (χ2n) is 18.8. The summed E-state index contributed by atoms with van der Waals surface area (Å²) in [7, 11) is 0. The molecule has 2 saturated carbocycles. The van der Waals surface area contributed by atoms with Crippen LogP contribution >= 0.6 is 15.9 Å². The fraction of sp³-hybridized carbons (Fsp3) is 0.640. The van der Waals surface area contributed by atoms with E-state index >= 15 is 0 Å². The third-order valence-electron chi connectivity index (χ3n) is 12.5. The van der Waals surface area contributed by atoms with Gasteiger partial charge in [-0.15, -0.1) is 0 Å². The normalized spacial score (nSPS) is 22.6. The van der Waals surface area contributed by atoms with Crippen LogP contribution < -0.4 is 14.8 Å². The molecule has 9 heteroatoms. The van der Waals surface area contributed by atoms with Gasteiger partial charge in [-0.05, 0) is 147 Å². The van der Waals surface area contributed by atoms with Gasteiger partial charge >= 0.3 is 11.9 Å². The highest BCUT2D eigenvalue weighted by Gasteiger charge is 2.31. The third-order valence-corrected chi connectivity index (χ3v) is 12.9. The number of nitrogens with one attached hydrogen (secondary N) is 1. The van der Waals surface area contributed by atoms with E-state index in [2.05, 4.69) is 133 Å². The first-order chi connectivity index (χ1) is 28.1. The molecule has 2 aromatic rings. The number of hydrogen-bond acceptors (Lipinski definition) is 7. The highest BCUT2D eigenvalue weighted by Crippen LogP contribution is 2.40. The highest BCUT2D eigenvalue weighted by molar-refractivity contribution is 9.09. The number of carbonyl (C=O) groups excluding carboxylic acids is 1. The predicted molar refractivity (Wildman–Crippen MR) is 246 cm³/mol. The number of rotatable bonds is 12. The van der Waals surface area contributed by atoms with Crippen LogP contribution in [0.25, 0.3) is 11.1 Å². The fourth-order valence-electron chi connectivity index (χ4n) is 8.60. The number of ether oxygens (including phenoxy) is 3. The second kappa shape index (κ2) is 24.3. The number of alkyl halides is 1. The molecule has 59 heavy (non-hydrogen) atoms. The van der Waals surface area contributed by atoms with Gasteiger partial charge in [0.25, 0.3) is 0 Å². The summed E-state index contributed by atoms with van der Waals surface area (Å²) >= 11 is 3.12. The maximum Gasteiger partial charge on any atom is 0.306 e. The first-order valence-electron chi connectivity index (χ1n) is 22.4. The van der Waals surface area contributed by atoms with E-state index in [9.17, 15) is 9.59 Å². The highest BCUT2D eigenvalue weighted by atomic mass is 79.9. The molecule has 328 valence electrons. The van der Waals surface area contributed by atoms with Gasteiger partial charge in [-0.25, -0.2) is 0 Å². The molecule has 0 atom stereocenters. The van der Waals surface area contributed by atoms with Crippen molar-refractivity contribution >= 4 is 39.0 Å². The molecule has 6 rings (SSSR count). The number of hydrogen-bond donors (Lipinski definition) is 2. The summed E-state index contributed by atoms with van der Waals surface area (Å²) in [5.41, 5.74) is 6.25. The van der Waals surface area contributed by atoms with Gasteiger partial charge in [-0.2, -0.15) is 0 Å². The lowest BCUT2D eigenvalue weighted by atomic mass is 9.72. The maximum absolute atomic E-state index is 10.7. The molecule has 4 aliphatic rings. The number of nitrogens with zero attached hydrogens (tertiary/aromatic N) is 1. The second-order valence-corrected chi connectivity index (χ2v) is 19.6. The van der Waals surface area contributed by atoms with Crippen molar-refractivity contribution in [3.8, 4) is 11.5 Å². The minimum atomic E-state index is -0.725. The summed E-state index contributed by atoms with van der Waals surface area (Å²) in [5, 5.41) is 12.9. The molecule has 2 aromatic carbocycles. The van der Waals surface area contributed by atoms with Gasteiger partial charge in [0.2, 0.25) is 0 Å². The van der Waals surface area contributed by atoms with Crippen LogP contribution in [0.5, 0.6) is 11.5 Å². The molecule has 0 saturated heterocycles. The molecule has 0 aromatic heterocycles. The van der Waals surface area contributed by atoms with E-state index < -0.39 is 5.97 Å². The van der Waals surface area contributed by atoms with Crippen LogP contribution in [-0.2, 0) is 14.3 Å². The van der Waals surface area contributed by atoms with Crippen LogP contribution in [0, 0.1) is 22.7 Å². The van der Waals surface area contributed by atoms with Crippen LogP contribution in [-0.4, -0.2) is 78.8 Å². The summed E-state index contributed by atoms with van der Waals surface area (Å²) in [5.74, 6) is 2.80. The minimum absolute atomic E-state index is 0.135. The van der Waals surface area contributed by atoms with Gasteiger partial charge < -0.3 is 24.6 Å².